The van der Waals surface area contributed by atoms with Crippen LogP contribution in [0.2, 0.25) is 0 Å². The summed E-state index contributed by atoms with van der Waals surface area (Å²) in [6.45, 7) is 4.57. The van der Waals surface area contributed by atoms with E-state index in [2.05, 4.69) is 56.2 Å². The van der Waals surface area contributed by atoms with Crippen LogP contribution in [0.3, 0.4) is 0 Å². The number of hydrogen-bond donors (Lipinski definition) is 0. The first-order valence-electron chi connectivity index (χ1n) is 11.8. The molecule has 7 rings (SSSR count). The van der Waals surface area contributed by atoms with E-state index >= 15 is 0 Å². The quantitative estimate of drug-likeness (QED) is 0.717. The molecule has 2 atom stereocenters. The fourth-order valence-corrected chi connectivity index (χ4v) is 6.14. The van der Waals surface area contributed by atoms with Crippen LogP contribution in [0.4, 0.5) is 10.7 Å². The summed E-state index contributed by atoms with van der Waals surface area (Å²) in [4.78, 5) is 28.2. The Morgan fingerprint density at radius 2 is 1.82 bits per heavy atom. The number of nitriles is 1. The minimum Gasteiger partial charge on any atom is -0.446 e. The number of hydrogen-bond acceptors (Lipinski definition) is 7. The maximum absolute atomic E-state index is 12.9. The van der Waals surface area contributed by atoms with E-state index in [1.165, 1.54) is 5.56 Å². The summed E-state index contributed by atoms with van der Waals surface area (Å²) in [5, 5.41) is 8.96. The lowest BCUT2D eigenvalue weighted by Crippen LogP contribution is -2.66. The number of piperazine rings is 1. The number of anilines is 1. The van der Waals surface area contributed by atoms with Gasteiger partial charge in [-0.05, 0) is 31.2 Å². The standard InChI is InChI=1S/C25H28N6O2/c26-10-19-11-27-23(28-12-19)30-14-21-7-6-20(30)15-31(21)24(32)33-22-8-25(9-22)16-29(17-25)13-18-4-2-1-3-5-18/h1-5,11-12,20-22H,6-9,13-17H2. The summed E-state index contributed by atoms with van der Waals surface area (Å²) in [5.41, 5.74) is 2.17. The highest BCUT2D eigenvalue weighted by Crippen LogP contribution is 2.50. The Morgan fingerprint density at radius 3 is 2.48 bits per heavy atom. The fourth-order valence-electron chi connectivity index (χ4n) is 6.14. The van der Waals surface area contributed by atoms with Gasteiger partial charge in [0, 0.05) is 44.2 Å². The van der Waals surface area contributed by atoms with Crippen molar-refractivity contribution in [2.75, 3.05) is 31.1 Å². The molecule has 2 bridgehead atoms. The topological polar surface area (TPSA) is 85.6 Å². The SMILES string of the molecule is N#Cc1cnc(N2CC3CCC2CN3C(=O)OC2CC3(C2)CN(Cc2ccccc2)C3)nc1. The van der Waals surface area contributed by atoms with E-state index in [9.17, 15) is 4.79 Å². The van der Waals surface area contributed by atoms with E-state index in [1.807, 2.05) is 4.90 Å². The van der Waals surface area contributed by atoms with Gasteiger partial charge in [-0.3, -0.25) is 4.90 Å². The van der Waals surface area contributed by atoms with Gasteiger partial charge in [0.2, 0.25) is 5.95 Å². The first-order chi connectivity index (χ1) is 16.1. The molecule has 0 N–H and O–H groups in total. The number of aromatic nitrogens is 2. The van der Waals surface area contributed by atoms with Crippen LogP contribution in [-0.4, -0.2) is 70.2 Å². The molecule has 8 nitrogen and oxygen atoms in total. The summed E-state index contributed by atoms with van der Waals surface area (Å²) < 4.78 is 5.92. The molecule has 5 aliphatic rings. The van der Waals surface area contributed by atoms with Crippen LogP contribution in [0.5, 0.6) is 0 Å². The van der Waals surface area contributed by atoms with Crippen LogP contribution in [0.1, 0.15) is 36.8 Å². The molecule has 1 amide bonds. The summed E-state index contributed by atoms with van der Waals surface area (Å²) in [6, 6.07) is 13.0. The molecule has 1 aliphatic carbocycles. The van der Waals surface area contributed by atoms with Gasteiger partial charge in [-0.1, -0.05) is 30.3 Å². The number of fused-ring (bicyclic) bond motifs is 3. The molecule has 0 radical (unpaired) electrons. The lowest BCUT2D eigenvalue weighted by molar-refractivity contribution is -0.137. The van der Waals surface area contributed by atoms with Gasteiger partial charge in [-0.15, -0.1) is 0 Å². The third kappa shape index (κ3) is 3.80. The van der Waals surface area contributed by atoms with Gasteiger partial charge >= 0.3 is 6.09 Å². The molecule has 1 saturated carbocycles. The number of amides is 1. The Bertz CT molecular complexity index is 1050. The number of piperidine rings is 2. The van der Waals surface area contributed by atoms with Crippen molar-refractivity contribution in [1.29, 1.82) is 5.26 Å². The zero-order valence-corrected chi connectivity index (χ0v) is 18.6. The molecule has 4 aliphatic heterocycles. The van der Waals surface area contributed by atoms with Crippen molar-refractivity contribution in [3.63, 3.8) is 0 Å². The average Bonchev–Trinajstić information content (AvgIpc) is 2.82. The normalized spacial score (nSPS) is 25.9. The maximum atomic E-state index is 12.9. The second-order valence-corrected chi connectivity index (χ2v) is 10.1. The van der Waals surface area contributed by atoms with E-state index < -0.39 is 0 Å². The molecule has 4 saturated heterocycles. The summed E-state index contributed by atoms with van der Waals surface area (Å²) in [6.07, 6.45) is 6.97. The molecule has 170 valence electrons. The molecule has 5 heterocycles. The van der Waals surface area contributed by atoms with Gasteiger partial charge in [0.1, 0.15) is 12.2 Å². The summed E-state index contributed by atoms with van der Waals surface area (Å²) >= 11 is 0. The van der Waals surface area contributed by atoms with Gasteiger partial charge in [0.25, 0.3) is 0 Å². The van der Waals surface area contributed by atoms with E-state index in [-0.39, 0.29) is 24.3 Å². The Morgan fingerprint density at radius 1 is 1.09 bits per heavy atom. The molecular weight excluding hydrogens is 416 g/mol. The predicted molar refractivity (Wildman–Crippen MR) is 121 cm³/mol. The molecule has 5 fully saturated rings. The zero-order valence-electron chi connectivity index (χ0n) is 18.6. The smallest absolute Gasteiger partial charge is 0.410 e. The van der Waals surface area contributed by atoms with Gasteiger partial charge in [-0.2, -0.15) is 5.26 Å². The van der Waals surface area contributed by atoms with Gasteiger partial charge in [0.15, 0.2) is 0 Å². The molecule has 1 aromatic heterocycles. The van der Waals surface area contributed by atoms with Crippen LogP contribution >= 0.6 is 0 Å². The number of benzene rings is 1. The molecule has 8 heteroatoms. The highest BCUT2D eigenvalue weighted by Gasteiger charge is 2.54. The predicted octanol–water partition coefficient (Wildman–Crippen LogP) is 2.80. The number of ether oxygens (including phenoxy) is 1. The Labute approximate surface area is 193 Å². The van der Waals surface area contributed by atoms with Crippen LogP contribution in [0.25, 0.3) is 0 Å². The monoisotopic (exact) mass is 444 g/mol. The lowest BCUT2D eigenvalue weighted by atomic mass is 9.61. The minimum atomic E-state index is -0.162. The Kier molecular flexibility index (Phi) is 4.95. The van der Waals surface area contributed by atoms with E-state index in [0.29, 0.717) is 30.0 Å². The third-order valence-corrected chi connectivity index (χ3v) is 7.74. The van der Waals surface area contributed by atoms with Crippen molar-refractivity contribution in [1.82, 2.24) is 19.8 Å². The van der Waals surface area contributed by atoms with Crippen LogP contribution in [-0.2, 0) is 11.3 Å². The minimum absolute atomic E-state index is 0.0507. The zero-order chi connectivity index (χ0) is 22.4. The van der Waals surface area contributed by atoms with Crippen molar-refractivity contribution >= 4 is 12.0 Å². The fraction of sp³-hybridized carbons (Fsp3) is 0.520. The first kappa shape index (κ1) is 20.4. The number of rotatable bonds is 4. The second kappa shape index (κ2) is 7.99. The van der Waals surface area contributed by atoms with E-state index in [0.717, 1.165) is 45.3 Å². The first-order valence-corrected chi connectivity index (χ1v) is 11.8. The van der Waals surface area contributed by atoms with Gasteiger partial charge in [-0.25, -0.2) is 14.8 Å². The maximum Gasteiger partial charge on any atom is 0.410 e. The van der Waals surface area contributed by atoms with Crippen molar-refractivity contribution in [2.24, 2.45) is 5.41 Å². The largest absolute Gasteiger partial charge is 0.446 e. The molecule has 33 heavy (non-hydrogen) atoms. The summed E-state index contributed by atoms with van der Waals surface area (Å²) in [7, 11) is 0. The van der Waals surface area contributed by atoms with Crippen LogP contribution in [0, 0.1) is 16.7 Å². The highest BCUT2D eigenvalue weighted by molar-refractivity contribution is 5.69. The number of nitrogens with zero attached hydrogens (tertiary/aromatic N) is 6. The third-order valence-electron chi connectivity index (χ3n) is 7.74. The average molecular weight is 445 g/mol. The van der Waals surface area contributed by atoms with Crippen molar-refractivity contribution in [3.8, 4) is 6.07 Å². The van der Waals surface area contributed by atoms with E-state index in [4.69, 9.17) is 10.00 Å². The van der Waals surface area contributed by atoms with Gasteiger partial charge < -0.3 is 14.5 Å². The van der Waals surface area contributed by atoms with Crippen LogP contribution < -0.4 is 4.90 Å². The molecule has 1 aromatic carbocycles. The van der Waals surface area contributed by atoms with Crippen LogP contribution in [0.15, 0.2) is 42.7 Å². The number of carbonyl (C=O) groups excluding carboxylic acids is 1. The van der Waals surface area contributed by atoms with E-state index in [1.54, 1.807) is 12.4 Å². The number of likely N-dealkylation sites (tertiary alicyclic amines) is 1. The van der Waals surface area contributed by atoms with Crippen molar-refractivity contribution < 1.29 is 9.53 Å². The Balaban J connectivity index is 0.985. The lowest BCUT2D eigenvalue weighted by Gasteiger charge is -2.59. The van der Waals surface area contributed by atoms with Crippen molar-refractivity contribution in [3.05, 3.63) is 53.9 Å². The Hall–Kier alpha value is -3.18. The summed E-state index contributed by atoms with van der Waals surface area (Å²) in [5.74, 6) is 0.641. The molecule has 1 spiro atoms. The second-order valence-electron chi connectivity index (χ2n) is 10.1. The number of carbonyl (C=O) groups is 1. The molecular formula is C25H28N6O2. The van der Waals surface area contributed by atoms with Crippen molar-refractivity contribution in [2.45, 2.75) is 50.4 Å². The highest BCUT2D eigenvalue weighted by atomic mass is 16.6. The molecule has 2 unspecified atom stereocenters. The van der Waals surface area contributed by atoms with Gasteiger partial charge in [0.05, 0.1) is 24.0 Å². The molecule has 2 aromatic rings.